The second kappa shape index (κ2) is 6.26. The molecule has 0 radical (unpaired) electrons. The van der Waals surface area contributed by atoms with Crippen LogP contribution in [-0.4, -0.2) is 5.91 Å². The van der Waals surface area contributed by atoms with Gasteiger partial charge >= 0.3 is 0 Å². The first kappa shape index (κ1) is 15.5. The number of nitrogens with one attached hydrogen (secondary N) is 1. The predicted molar refractivity (Wildman–Crippen MR) is 85.8 cm³/mol. The number of nitrogens with two attached hydrogens (primary N) is 1. The van der Waals surface area contributed by atoms with E-state index in [0.29, 0.717) is 15.6 Å². The Kier molecular flexibility index (Phi) is 4.63. The summed E-state index contributed by atoms with van der Waals surface area (Å²) in [4.78, 5) is 11.1. The molecule has 0 spiro atoms. The number of primary amides is 1. The quantitative estimate of drug-likeness (QED) is 0.869. The SMILES string of the molecule is Cc1cc(C(N)=O)ccc1NC(C)c1ccc(Br)cc1F. The summed E-state index contributed by atoms with van der Waals surface area (Å²) in [5.74, 6) is -0.729. The largest absolute Gasteiger partial charge is 0.378 e. The first-order valence-electron chi connectivity index (χ1n) is 6.50. The van der Waals surface area contributed by atoms with Gasteiger partial charge in [0.15, 0.2) is 0 Å². The number of aryl methyl sites for hydroxylation is 1. The maximum atomic E-state index is 13.9. The topological polar surface area (TPSA) is 55.1 Å². The maximum absolute atomic E-state index is 13.9. The Bertz CT molecular complexity index is 688. The van der Waals surface area contributed by atoms with E-state index in [0.717, 1.165) is 11.3 Å². The molecule has 3 nitrogen and oxygen atoms in total. The summed E-state index contributed by atoms with van der Waals surface area (Å²) in [6, 6.07) is 9.94. The third-order valence-electron chi connectivity index (χ3n) is 3.31. The molecule has 2 rings (SSSR count). The third kappa shape index (κ3) is 3.61. The highest BCUT2D eigenvalue weighted by Crippen LogP contribution is 2.26. The number of amides is 1. The van der Waals surface area contributed by atoms with Gasteiger partial charge in [-0.15, -0.1) is 0 Å². The van der Waals surface area contributed by atoms with Crippen LogP contribution in [0.5, 0.6) is 0 Å². The van der Waals surface area contributed by atoms with E-state index in [4.69, 9.17) is 5.73 Å². The van der Waals surface area contributed by atoms with Crippen LogP contribution >= 0.6 is 15.9 Å². The number of benzene rings is 2. The number of anilines is 1. The molecule has 0 aliphatic rings. The van der Waals surface area contributed by atoms with Crippen molar-refractivity contribution in [2.75, 3.05) is 5.32 Å². The number of rotatable bonds is 4. The van der Waals surface area contributed by atoms with Gasteiger partial charge in [-0.25, -0.2) is 4.39 Å². The standard InChI is InChI=1S/C16H16BrFN2O/c1-9-7-11(16(19)21)3-6-15(9)20-10(2)13-5-4-12(17)8-14(13)18/h3-8,10,20H,1-2H3,(H2,19,21). The van der Waals surface area contributed by atoms with Gasteiger partial charge in [0.05, 0.1) is 6.04 Å². The molecule has 0 saturated carbocycles. The summed E-state index contributed by atoms with van der Waals surface area (Å²) in [5, 5.41) is 3.25. The van der Waals surface area contributed by atoms with Crippen molar-refractivity contribution in [1.82, 2.24) is 0 Å². The van der Waals surface area contributed by atoms with Crippen molar-refractivity contribution in [2.45, 2.75) is 19.9 Å². The second-order valence-electron chi connectivity index (χ2n) is 4.93. The summed E-state index contributed by atoms with van der Waals surface area (Å²) in [7, 11) is 0. The number of halogens is 2. The van der Waals surface area contributed by atoms with Crippen LogP contribution in [0.4, 0.5) is 10.1 Å². The molecule has 0 aromatic heterocycles. The lowest BCUT2D eigenvalue weighted by molar-refractivity contribution is 0.1000. The van der Waals surface area contributed by atoms with Crippen molar-refractivity contribution >= 4 is 27.5 Å². The Morgan fingerprint density at radius 3 is 2.57 bits per heavy atom. The van der Waals surface area contributed by atoms with E-state index < -0.39 is 5.91 Å². The molecule has 3 N–H and O–H groups in total. The Labute approximate surface area is 131 Å². The van der Waals surface area contributed by atoms with Gasteiger partial charge in [-0.05, 0) is 49.7 Å². The molecule has 0 fully saturated rings. The lowest BCUT2D eigenvalue weighted by atomic mass is 10.1. The number of carbonyl (C=O) groups excluding carboxylic acids is 1. The van der Waals surface area contributed by atoms with Gasteiger partial charge in [-0.2, -0.15) is 0 Å². The lowest BCUT2D eigenvalue weighted by Crippen LogP contribution is -2.13. The van der Waals surface area contributed by atoms with Crippen molar-refractivity contribution < 1.29 is 9.18 Å². The van der Waals surface area contributed by atoms with Gasteiger partial charge in [0.25, 0.3) is 0 Å². The summed E-state index contributed by atoms with van der Waals surface area (Å²) >= 11 is 3.24. The zero-order chi connectivity index (χ0) is 15.6. The number of hydrogen-bond acceptors (Lipinski definition) is 2. The molecule has 2 aromatic carbocycles. The summed E-state index contributed by atoms with van der Waals surface area (Å²) < 4.78 is 14.6. The minimum atomic E-state index is -0.461. The van der Waals surface area contributed by atoms with Gasteiger partial charge in [0.1, 0.15) is 5.82 Å². The van der Waals surface area contributed by atoms with Crippen LogP contribution in [0.1, 0.15) is 34.5 Å². The summed E-state index contributed by atoms with van der Waals surface area (Å²) in [6.45, 7) is 3.76. The van der Waals surface area contributed by atoms with Gasteiger partial charge < -0.3 is 11.1 Å². The Morgan fingerprint density at radius 1 is 1.29 bits per heavy atom. The van der Waals surface area contributed by atoms with Crippen LogP contribution in [0.3, 0.4) is 0 Å². The van der Waals surface area contributed by atoms with Crippen molar-refractivity contribution in [1.29, 1.82) is 0 Å². The molecule has 0 bridgehead atoms. The van der Waals surface area contributed by atoms with Gasteiger partial charge in [-0.1, -0.05) is 22.0 Å². The van der Waals surface area contributed by atoms with Crippen LogP contribution < -0.4 is 11.1 Å². The molecular formula is C16H16BrFN2O. The molecule has 0 aliphatic heterocycles. The Balaban J connectivity index is 2.23. The maximum Gasteiger partial charge on any atom is 0.248 e. The van der Waals surface area contributed by atoms with Gasteiger partial charge in [0, 0.05) is 21.3 Å². The molecule has 0 heterocycles. The minimum absolute atomic E-state index is 0.198. The fourth-order valence-electron chi connectivity index (χ4n) is 2.14. The van der Waals surface area contributed by atoms with E-state index in [-0.39, 0.29) is 11.9 Å². The van der Waals surface area contributed by atoms with Crippen LogP contribution in [-0.2, 0) is 0 Å². The van der Waals surface area contributed by atoms with Crippen molar-refractivity contribution in [2.24, 2.45) is 5.73 Å². The van der Waals surface area contributed by atoms with E-state index in [9.17, 15) is 9.18 Å². The van der Waals surface area contributed by atoms with E-state index >= 15 is 0 Å². The van der Waals surface area contributed by atoms with E-state index in [2.05, 4.69) is 21.2 Å². The normalized spacial score (nSPS) is 12.0. The predicted octanol–water partition coefficient (Wildman–Crippen LogP) is 4.17. The van der Waals surface area contributed by atoms with Crippen molar-refractivity contribution in [3.05, 3.63) is 63.4 Å². The molecule has 1 amide bonds. The highest BCUT2D eigenvalue weighted by Gasteiger charge is 2.12. The number of hydrogen-bond donors (Lipinski definition) is 2. The van der Waals surface area contributed by atoms with E-state index in [1.165, 1.54) is 6.07 Å². The molecule has 0 saturated heterocycles. The van der Waals surface area contributed by atoms with Crippen molar-refractivity contribution in [3.8, 4) is 0 Å². The molecule has 5 heteroatoms. The molecule has 1 atom stereocenters. The Hall–Kier alpha value is -1.88. The molecule has 21 heavy (non-hydrogen) atoms. The average molecular weight is 351 g/mol. The molecule has 2 aromatic rings. The monoisotopic (exact) mass is 350 g/mol. The zero-order valence-electron chi connectivity index (χ0n) is 11.8. The smallest absolute Gasteiger partial charge is 0.248 e. The highest BCUT2D eigenvalue weighted by atomic mass is 79.9. The third-order valence-corrected chi connectivity index (χ3v) is 3.81. The average Bonchev–Trinajstić information content (AvgIpc) is 2.40. The fourth-order valence-corrected chi connectivity index (χ4v) is 2.48. The zero-order valence-corrected chi connectivity index (χ0v) is 13.4. The van der Waals surface area contributed by atoms with E-state index in [1.54, 1.807) is 30.3 Å². The van der Waals surface area contributed by atoms with Crippen LogP contribution in [0.25, 0.3) is 0 Å². The van der Waals surface area contributed by atoms with Crippen LogP contribution in [0, 0.1) is 12.7 Å². The minimum Gasteiger partial charge on any atom is -0.378 e. The van der Waals surface area contributed by atoms with Gasteiger partial charge in [0.2, 0.25) is 5.91 Å². The highest BCUT2D eigenvalue weighted by molar-refractivity contribution is 9.10. The lowest BCUT2D eigenvalue weighted by Gasteiger charge is -2.18. The Morgan fingerprint density at radius 2 is 2.00 bits per heavy atom. The molecule has 1 unspecified atom stereocenters. The first-order chi connectivity index (χ1) is 9.88. The summed E-state index contributed by atoms with van der Waals surface area (Å²) in [5.41, 5.74) is 8.01. The molecule has 110 valence electrons. The number of carbonyl (C=O) groups is 1. The van der Waals surface area contributed by atoms with Crippen LogP contribution in [0.15, 0.2) is 40.9 Å². The first-order valence-corrected chi connectivity index (χ1v) is 7.29. The van der Waals surface area contributed by atoms with Gasteiger partial charge in [-0.3, -0.25) is 4.79 Å². The van der Waals surface area contributed by atoms with Crippen molar-refractivity contribution in [3.63, 3.8) is 0 Å². The second-order valence-corrected chi connectivity index (χ2v) is 5.84. The summed E-state index contributed by atoms with van der Waals surface area (Å²) in [6.07, 6.45) is 0. The fraction of sp³-hybridized carbons (Fsp3) is 0.188. The van der Waals surface area contributed by atoms with E-state index in [1.807, 2.05) is 13.8 Å². The molecular weight excluding hydrogens is 335 g/mol. The van der Waals surface area contributed by atoms with Crippen LogP contribution in [0.2, 0.25) is 0 Å². The molecule has 0 aliphatic carbocycles.